The van der Waals surface area contributed by atoms with E-state index in [4.69, 9.17) is 51.2 Å². The minimum atomic E-state index is 0.00694. The molecule has 199 valence electrons. The number of pyridine rings is 1. The smallest absolute Gasteiger partial charge is 0.0642 e. The molecule has 1 aromatic heterocycles. The summed E-state index contributed by atoms with van der Waals surface area (Å²) >= 11 is 0.00694. The summed E-state index contributed by atoms with van der Waals surface area (Å²) < 4.78 is 5.57. The molecular weight excluding hydrogens is 526 g/mol. The van der Waals surface area contributed by atoms with Crippen molar-refractivity contribution in [1.82, 2.24) is 4.98 Å². The fourth-order valence-corrected chi connectivity index (χ4v) is 5.70. The first-order valence-electron chi connectivity index (χ1n) is 13.1. The van der Waals surface area contributed by atoms with Gasteiger partial charge in [0.05, 0.1) is 13.2 Å². The average Bonchev–Trinajstić information content (AvgIpc) is 2.90. The maximum atomic E-state index is 5.57. The molecular formula is C25H38Cl2MnN6O-4. The van der Waals surface area contributed by atoms with Crippen molar-refractivity contribution in [3.05, 3.63) is 44.8 Å². The number of nitrogens with zero attached hydrogens (tertiary/aromatic N) is 6. The maximum Gasteiger partial charge on any atom is 0.0642 e. The Hall–Kier alpha value is -0.151. The van der Waals surface area contributed by atoms with Crippen LogP contribution in [0, 0.1) is 0 Å². The molecule has 2 aliphatic carbocycles. The molecule has 2 bridgehead atoms. The molecule has 0 spiro atoms. The molecule has 1 aromatic rings. The van der Waals surface area contributed by atoms with Gasteiger partial charge in [0.15, 0.2) is 0 Å². The first-order valence-corrected chi connectivity index (χ1v) is 16.4. The minimum Gasteiger partial charge on any atom is -0.662 e. The fraction of sp³-hybridized carbons (Fsp3) is 0.800. The number of hydrogen-bond donors (Lipinski definition) is 0. The van der Waals surface area contributed by atoms with Gasteiger partial charge in [-0.3, -0.25) is 4.98 Å². The van der Waals surface area contributed by atoms with Crippen molar-refractivity contribution in [2.75, 3.05) is 44.3 Å². The summed E-state index contributed by atoms with van der Waals surface area (Å²) in [6.07, 6.45) is 9.72. The van der Waals surface area contributed by atoms with Gasteiger partial charge < -0.3 is 30.9 Å². The first kappa shape index (κ1) is 27.9. The van der Waals surface area contributed by atoms with Crippen LogP contribution in [0.1, 0.15) is 62.8 Å². The van der Waals surface area contributed by atoms with Crippen LogP contribution in [0.25, 0.3) is 21.3 Å². The molecule has 0 radical (unpaired) electrons. The molecule has 0 amide bonds. The third kappa shape index (κ3) is 8.69. The Morgan fingerprint density at radius 1 is 0.743 bits per heavy atom. The van der Waals surface area contributed by atoms with E-state index in [1.165, 1.54) is 44.2 Å². The molecule has 2 saturated carbocycles. The normalized spacial score (nSPS) is 30.5. The Balaban J connectivity index is 0.000000917. The Morgan fingerprint density at radius 2 is 1.17 bits per heavy atom. The molecule has 5 rings (SSSR count). The summed E-state index contributed by atoms with van der Waals surface area (Å²) in [5.74, 6) is 0. The topological polar surface area (TPSA) is 81.8 Å². The van der Waals surface area contributed by atoms with Crippen molar-refractivity contribution in [3.8, 4) is 0 Å². The van der Waals surface area contributed by atoms with E-state index in [9.17, 15) is 0 Å². The van der Waals surface area contributed by atoms with Crippen LogP contribution in [0.4, 0.5) is 5.69 Å². The van der Waals surface area contributed by atoms with E-state index in [1.54, 1.807) is 0 Å². The van der Waals surface area contributed by atoms with Gasteiger partial charge in [-0.25, -0.2) is 0 Å². The number of fused-ring (bicyclic) bond motifs is 4. The van der Waals surface area contributed by atoms with Crippen LogP contribution in [0.2, 0.25) is 0 Å². The van der Waals surface area contributed by atoms with Gasteiger partial charge >= 0.3 is 33.3 Å². The summed E-state index contributed by atoms with van der Waals surface area (Å²) in [5, 5.41) is 20.4. The average molecular weight is 564 g/mol. The number of hydrogen-bond acceptors (Lipinski definition) is 3. The van der Waals surface area contributed by atoms with E-state index in [0.717, 1.165) is 63.6 Å². The van der Waals surface area contributed by atoms with E-state index in [-0.39, 0.29) is 13.1 Å². The van der Waals surface area contributed by atoms with Gasteiger partial charge in [0.25, 0.3) is 0 Å². The number of ether oxygens (including phenoxy) is 1. The largest absolute Gasteiger partial charge is 0.662 e. The van der Waals surface area contributed by atoms with Crippen molar-refractivity contribution < 1.29 is 17.9 Å². The summed E-state index contributed by atoms with van der Waals surface area (Å²) in [7, 11) is 9.59. The standard InChI is InChI=1S/C25H38N6O.2ClH.Mn/c1-3-7-24-22(5-1)26-9-10-27-23-6-2-4-8-25(23)29-18-20-16-21(15-19(30-20)17-28-24)31-11-13-32-14-12-31;;;/h15-16,22-25H,1-14,17-18H2;2*1H;/q-4;;;+2/p-2/t22-,23?,24-,25?;;;/m1.../s1. The van der Waals surface area contributed by atoms with E-state index in [0.29, 0.717) is 37.3 Å². The van der Waals surface area contributed by atoms with E-state index >= 15 is 0 Å². The van der Waals surface area contributed by atoms with Crippen molar-refractivity contribution in [2.24, 2.45) is 0 Å². The van der Waals surface area contributed by atoms with Crippen LogP contribution in [0.5, 0.6) is 0 Å². The molecule has 2 unspecified atom stereocenters. The summed E-state index contributed by atoms with van der Waals surface area (Å²) in [5.41, 5.74) is 3.39. The molecule has 7 nitrogen and oxygen atoms in total. The van der Waals surface area contributed by atoms with Crippen LogP contribution < -0.4 is 4.90 Å². The molecule has 4 atom stereocenters. The van der Waals surface area contributed by atoms with Gasteiger partial charge in [0.2, 0.25) is 0 Å². The van der Waals surface area contributed by atoms with Gasteiger partial charge in [0.1, 0.15) is 0 Å². The molecule has 4 aliphatic rings. The number of halogens is 2. The number of anilines is 1. The second kappa shape index (κ2) is 15.3. The third-order valence-electron chi connectivity index (χ3n) is 7.48. The maximum absolute atomic E-state index is 5.57. The van der Waals surface area contributed by atoms with Gasteiger partial charge in [-0.1, -0.05) is 51.4 Å². The molecule has 3 heterocycles. The van der Waals surface area contributed by atoms with Gasteiger partial charge in [-0.15, -0.1) is 13.1 Å². The Labute approximate surface area is 225 Å². The summed E-state index contributed by atoms with van der Waals surface area (Å²) in [4.78, 5) is 7.43. The van der Waals surface area contributed by atoms with Crippen molar-refractivity contribution in [1.29, 1.82) is 0 Å². The van der Waals surface area contributed by atoms with Crippen LogP contribution >= 0.6 is 20.2 Å². The molecule has 3 fully saturated rings. The first-order chi connectivity index (χ1) is 17.3. The van der Waals surface area contributed by atoms with Crippen LogP contribution in [0.15, 0.2) is 12.1 Å². The minimum absolute atomic E-state index is 0.00694. The predicted octanol–water partition coefficient (Wildman–Crippen LogP) is 6.43. The molecule has 10 heteroatoms. The monoisotopic (exact) mass is 563 g/mol. The number of rotatable bonds is 1. The second-order valence-electron chi connectivity index (χ2n) is 9.79. The van der Waals surface area contributed by atoms with Crippen LogP contribution in [-0.4, -0.2) is 68.5 Å². The van der Waals surface area contributed by atoms with Crippen molar-refractivity contribution in [2.45, 2.75) is 88.6 Å². The SMILES string of the molecule is [Cl][Mn][Cl].c1c(N2CCOCC2)cc2nc1C[N-]C1CCCCC1[N-]CC[N-][C@@H]1CCCC[C@H]1[N-]C2. The zero-order chi connectivity index (χ0) is 24.3. The van der Waals surface area contributed by atoms with Gasteiger partial charge in [-0.2, -0.15) is 37.3 Å². The molecule has 0 aromatic carbocycles. The zero-order valence-corrected chi connectivity index (χ0v) is 23.2. The predicted molar refractivity (Wildman–Crippen MR) is 142 cm³/mol. The summed E-state index contributed by atoms with van der Waals surface area (Å²) in [6.45, 7) is 6.49. The van der Waals surface area contributed by atoms with Gasteiger partial charge in [0, 0.05) is 30.2 Å². The molecule has 35 heavy (non-hydrogen) atoms. The number of aromatic nitrogens is 1. The van der Waals surface area contributed by atoms with Crippen molar-refractivity contribution in [3.63, 3.8) is 0 Å². The van der Waals surface area contributed by atoms with Gasteiger partial charge in [-0.05, 0) is 12.1 Å². The second-order valence-corrected chi connectivity index (χ2v) is 11.7. The van der Waals surface area contributed by atoms with E-state index in [2.05, 4.69) is 17.0 Å². The van der Waals surface area contributed by atoms with Crippen molar-refractivity contribution >= 4 is 25.9 Å². The Bertz CT molecular complexity index is 708. The summed E-state index contributed by atoms with van der Waals surface area (Å²) in [6, 6.07) is 5.86. The molecule has 1 saturated heterocycles. The Kier molecular flexibility index (Phi) is 12.2. The fourth-order valence-electron chi connectivity index (χ4n) is 5.70. The molecule has 2 aliphatic heterocycles. The zero-order valence-electron chi connectivity index (χ0n) is 20.5. The quantitative estimate of drug-likeness (QED) is 0.369. The third-order valence-corrected chi connectivity index (χ3v) is 7.48. The molecule has 0 N–H and O–H groups in total. The Morgan fingerprint density at radius 3 is 1.63 bits per heavy atom. The van der Waals surface area contributed by atoms with E-state index < -0.39 is 0 Å². The number of morpholine rings is 1. The van der Waals surface area contributed by atoms with Crippen LogP contribution in [-0.2, 0) is 31.0 Å². The van der Waals surface area contributed by atoms with E-state index in [1.807, 2.05) is 0 Å². The van der Waals surface area contributed by atoms with Crippen LogP contribution in [0.3, 0.4) is 0 Å².